The highest BCUT2D eigenvalue weighted by Crippen LogP contribution is 2.35. The Morgan fingerprint density at radius 1 is 1.13 bits per heavy atom. The van der Waals surface area contributed by atoms with Gasteiger partial charge in [-0.2, -0.15) is 33.7 Å². The minimum atomic E-state index is -4.70. The molecule has 1 aromatic rings. The highest BCUT2D eigenvalue weighted by Gasteiger charge is 2.41. The molecule has 0 unspecified atom stereocenters. The summed E-state index contributed by atoms with van der Waals surface area (Å²) in [5.41, 5.74) is -1.26. The summed E-state index contributed by atoms with van der Waals surface area (Å²) in [7, 11) is 0. The molecule has 1 aromatic carbocycles. The van der Waals surface area contributed by atoms with Crippen molar-refractivity contribution in [2.75, 3.05) is 26.1 Å². The summed E-state index contributed by atoms with van der Waals surface area (Å²) < 4.78 is 105. The van der Waals surface area contributed by atoms with Crippen molar-refractivity contribution in [3.05, 3.63) is 48.1 Å². The van der Waals surface area contributed by atoms with E-state index in [0.29, 0.717) is 13.2 Å². The van der Waals surface area contributed by atoms with Crippen LogP contribution in [0.1, 0.15) is 5.56 Å². The van der Waals surface area contributed by atoms with Crippen molar-refractivity contribution in [1.82, 2.24) is 0 Å². The van der Waals surface area contributed by atoms with E-state index in [1.807, 2.05) is 6.26 Å². The normalized spacial score (nSPS) is 21.4. The fourth-order valence-corrected chi connectivity index (χ4v) is 2.75. The largest absolute Gasteiger partial charge is 0.487 e. The number of thioether (sulfide) groups is 1. The molecule has 11 heteroatoms. The molecule has 1 heterocycles. The SMILES string of the molecule is CSC1COC(C=CC=C(c2ccc(OCC(F)(F)C(F)F)cc2)C(F)(F)F)OC1. The average molecular weight is 460 g/mol. The van der Waals surface area contributed by atoms with Gasteiger partial charge in [0.15, 0.2) is 12.9 Å². The number of hydrogen-bond donors (Lipinski definition) is 0. The number of hydrogen-bond acceptors (Lipinski definition) is 4. The second kappa shape index (κ2) is 10.5. The van der Waals surface area contributed by atoms with Crippen LogP contribution >= 0.6 is 11.8 Å². The lowest BCUT2D eigenvalue weighted by Gasteiger charge is -2.26. The molecule has 1 aliphatic heterocycles. The maximum absolute atomic E-state index is 13.4. The van der Waals surface area contributed by atoms with Crippen LogP contribution < -0.4 is 4.74 Å². The van der Waals surface area contributed by atoms with E-state index in [4.69, 9.17) is 9.47 Å². The van der Waals surface area contributed by atoms with Gasteiger partial charge in [0.1, 0.15) is 5.75 Å². The number of allylic oxidation sites excluding steroid dienone is 3. The molecule has 0 spiro atoms. The van der Waals surface area contributed by atoms with Crippen LogP contribution in [-0.4, -0.2) is 56.1 Å². The minimum Gasteiger partial charge on any atom is -0.487 e. The molecule has 0 radical (unpaired) electrons. The Labute approximate surface area is 172 Å². The molecule has 1 saturated heterocycles. The van der Waals surface area contributed by atoms with Gasteiger partial charge in [0.25, 0.3) is 0 Å². The smallest absolute Gasteiger partial charge is 0.416 e. The highest BCUT2D eigenvalue weighted by molar-refractivity contribution is 7.99. The zero-order valence-corrected chi connectivity index (χ0v) is 16.5. The van der Waals surface area contributed by atoms with E-state index >= 15 is 0 Å². The molecule has 0 N–H and O–H groups in total. The molecule has 1 aliphatic rings. The lowest BCUT2D eigenvalue weighted by Crippen LogP contribution is -2.33. The van der Waals surface area contributed by atoms with Gasteiger partial charge in [0.05, 0.1) is 24.0 Å². The monoisotopic (exact) mass is 460 g/mol. The lowest BCUT2D eigenvalue weighted by atomic mass is 10.0. The second-order valence-electron chi connectivity index (χ2n) is 6.23. The predicted molar refractivity (Wildman–Crippen MR) is 99.1 cm³/mol. The molecule has 0 saturated carbocycles. The highest BCUT2D eigenvalue weighted by atomic mass is 32.2. The Balaban J connectivity index is 2.06. The summed E-state index contributed by atoms with van der Waals surface area (Å²) in [4.78, 5) is 0. The van der Waals surface area contributed by atoms with Crippen molar-refractivity contribution < 1.29 is 44.9 Å². The Morgan fingerprint density at radius 2 is 1.73 bits per heavy atom. The third kappa shape index (κ3) is 7.21. The van der Waals surface area contributed by atoms with Gasteiger partial charge in [-0.25, -0.2) is 8.78 Å². The standard InChI is InChI=1S/C19H19F7O3S/c1-30-14-9-27-16(28-10-14)4-2-3-15(19(24,25)26)12-5-7-13(8-6-12)29-11-18(22,23)17(20)21/h2-8,14,16-17H,9-11H2,1H3. The third-order valence-electron chi connectivity index (χ3n) is 3.98. The number of alkyl halides is 7. The lowest BCUT2D eigenvalue weighted by molar-refractivity contribution is -0.148. The molecule has 30 heavy (non-hydrogen) atoms. The maximum atomic E-state index is 13.4. The van der Waals surface area contributed by atoms with E-state index in [2.05, 4.69) is 4.74 Å². The van der Waals surface area contributed by atoms with E-state index in [1.165, 1.54) is 6.08 Å². The third-order valence-corrected chi connectivity index (χ3v) is 4.92. The summed E-state index contributed by atoms with van der Waals surface area (Å²) in [6.07, 6.45) is -4.15. The van der Waals surface area contributed by atoms with Gasteiger partial charge in [0, 0.05) is 0 Å². The molecule has 0 aliphatic carbocycles. The van der Waals surface area contributed by atoms with E-state index in [9.17, 15) is 30.7 Å². The van der Waals surface area contributed by atoms with Gasteiger partial charge < -0.3 is 14.2 Å². The van der Waals surface area contributed by atoms with Gasteiger partial charge in [0.2, 0.25) is 0 Å². The molecular weight excluding hydrogens is 441 g/mol. The zero-order valence-electron chi connectivity index (χ0n) is 15.7. The zero-order chi connectivity index (χ0) is 22.4. The van der Waals surface area contributed by atoms with Crippen molar-refractivity contribution in [2.45, 2.75) is 30.1 Å². The van der Waals surface area contributed by atoms with Gasteiger partial charge in [-0.1, -0.05) is 18.2 Å². The van der Waals surface area contributed by atoms with Crippen molar-refractivity contribution in [2.24, 2.45) is 0 Å². The molecule has 0 bridgehead atoms. The second-order valence-corrected chi connectivity index (χ2v) is 7.37. The van der Waals surface area contributed by atoms with E-state index in [1.54, 1.807) is 11.8 Å². The first kappa shape index (κ1) is 24.5. The van der Waals surface area contributed by atoms with Crippen molar-refractivity contribution in [3.8, 4) is 5.75 Å². The Hall–Kier alpha value is -1.72. The summed E-state index contributed by atoms with van der Waals surface area (Å²) in [6, 6.07) is 3.99. The van der Waals surface area contributed by atoms with Crippen LogP contribution in [0.15, 0.2) is 42.5 Å². The number of rotatable bonds is 8. The Bertz CT molecular complexity index is 725. The Morgan fingerprint density at radius 3 is 2.23 bits per heavy atom. The number of ether oxygens (including phenoxy) is 3. The van der Waals surface area contributed by atoms with E-state index < -0.39 is 37.0 Å². The van der Waals surface area contributed by atoms with Crippen LogP contribution in [0.25, 0.3) is 5.57 Å². The van der Waals surface area contributed by atoms with Gasteiger partial charge >= 0.3 is 18.5 Å². The summed E-state index contributed by atoms with van der Waals surface area (Å²) >= 11 is 1.56. The predicted octanol–water partition coefficient (Wildman–Crippen LogP) is 5.57. The molecule has 0 amide bonds. The molecule has 0 atom stereocenters. The van der Waals surface area contributed by atoms with E-state index in [-0.39, 0.29) is 16.6 Å². The van der Waals surface area contributed by atoms with Crippen LogP contribution in [0.4, 0.5) is 30.7 Å². The van der Waals surface area contributed by atoms with Gasteiger partial charge in [-0.15, -0.1) is 0 Å². The molecule has 3 nitrogen and oxygen atoms in total. The fourth-order valence-electron chi connectivity index (χ4n) is 2.32. The summed E-state index contributed by atoms with van der Waals surface area (Å²) in [6.45, 7) is -0.760. The van der Waals surface area contributed by atoms with Crippen LogP contribution in [0, 0.1) is 0 Å². The minimum absolute atomic E-state index is 0.164. The molecular formula is C19H19F7O3S. The number of benzene rings is 1. The summed E-state index contributed by atoms with van der Waals surface area (Å²) in [5.74, 6) is -4.62. The van der Waals surface area contributed by atoms with Crippen LogP contribution in [-0.2, 0) is 9.47 Å². The first-order valence-electron chi connectivity index (χ1n) is 8.64. The van der Waals surface area contributed by atoms with E-state index in [0.717, 1.165) is 36.4 Å². The first-order chi connectivity index (χ1) is 14.0. The number of halogens is 7. The topological polar surface area (TPSA) is 27.7 Å². The van der Waals surface area contributed by atoms with Crippen LogP contribution in [0.2, 0.25) is 0 Å². The molecule has 0 aromatic heterocycles. The summed E-state index contributed by atoms with van der Waals surface area (Å²) in [5, 5.41) is 0.164. The molecule has 168 valence electrons. The van der Waals surface area contributed by atoms with Gasteiger partial charge in [-0.05, 0) is 36.1 Å². The van der Waals surface area contributed by atoms with Crippen molar-refractivity contribution in [3.63, 3.8) is 0 Å². The first-order valence-corrected chi connectivity index (χ1v) is 9.92. The maximum Gasteiger partial charge on any atom is 0.416 e. The fraction of sp³-hybridized carbons (Fsp3) is 0.474. The van der Waals surface area contributed by atoms with Crippen LogP contribution in [0.5, 0.6) is 5.75 Å². The Kier molecular flexibility index (Phi) is 8.62. The van der Waals surface area contributed by atoms with Crippen molar-refractivity contribution in [1.29, 1.82) is 0 Å². The average Bonchev–Trinajstić information content (AvgIpc) is 2.70. The molecule has 2 rings (SSSR count). The quantitative estimate of drug-likeness (QED) is 0.375. The van der Waals surface area contributed by atoms with Gasteiger partial charge in [-0.3, -0.25) is 0 Å². The van der Waals surface area contributed by atoms with Crippen molar-refractivity contribution >= 4 is 17.3 Å². The molecule has 1 fully saturated rings. The van der Waals surface area contributed by atoms with Crippen LogP contribution in [0.3, 0.4) is 0 Å².